The second kappa shape index (κ2) is 10.4. The molecule has 5 aromatic rings. The first-order valence-corrected chi connectivity index (χ1v) is 13.1. The quantitative estimate of drug-likeness (QED) is 0.282. The molecule has 3 heterocycles. The standard InChI is InChI=1S/C22H19N5O2S.CH4O3S/c1-14-11-15(26-22-21-17(23-13-24-22)7-8-27(21)9-10-28)5-6-18(14)29-19-3-2-4-20-16(19)12-25-30-20;1-5(2,3)4/h2-8,11-13,28H,9-10H2,1H3,(H,23,24,26);1H3,(H,2,3,4). The van der Waals surface area contributed by atoms with Gasteiger partial charge < -0.3 is 19.7 Å². The van der Waals surface area contributed by atoms with Crippen molar-refractivity contribution in [1.82, 2.24) is 18.9 Å². The minimum absolute atomic E-state index is 0.0513. The monoisotopic (exact) mass is 513 g/mol. The highest BCUT2D eigenvalue weighted by Crippen LogP contribution is 2.34. The van der Waals surface area contributed by atoms with Gasteiger partial charge in [-0.3, -0.25) is 4.55 Å². The van der Waals surface area contributed by atoms with Gasteiger partial charge in [0.05, 0.1) is 34.7 Å². The maximum Gasteiger partial charge on any atom is 0.261 e. The van der Waals surface area contributed by atoms with Crippen molar-refractivity contribution in [2.45, 2.75) is 13.5 Å². The van der Waals surface area contributed by atoms with Gasteiger partial charge in [0.1, 0.15) is 23.3 Å². The van der Waals surface area contributed by atoms with E-state index in [4.69, 9.17) is 9.29 Å². The van der Waals surface area contributed by atoms with Crippen LogP contribution in [0.5, 0.6) is 11.5 Å². The van der Waals surface area contributed by atoms with Crippen LogP contribution in [0.25, 0.3) is 21.1 Å². The fourth-order valence-corrected chi connectivity index (χ4v) is 4.13. The van der Waals surface area contributed by atoms with E-state index in [9.17, 15) is 13.5 Å². The zero-order valence-corrected chi connectivity index (χ0v) is 20.5. The zero-order chi connectivity index (χ0) is 25.0. The number of anilines is 2. The highest BCUT2D eigenvalue weighted by atomic mass is 32.2. The second-order valence-corrected chi connectivity index (χ2v) is 9.92. The summed E-state index contributed by atoms with van der Waals surface area (Å²) >= 11 is 1.46. The van der Waals surface area contributed by atoms with Crippen molar-refractivity contribution < 1.29 is 22.8 Å². The molecule has 0 aliphatic carbocycles. The summed E-state index contributed by atoms with van der Waals surface area (Å²) < 4.78 is 39.3. The molecule has 35 heavy (non-hydrogen) atoms. The van der Waals surface area contributed by atoms with Gasteiger partial charge in [-0.15, -0.1) is 0 Å². The van der Waals surface area contributed by atoms with Gasteiger partial charge in [-0.25, -0.2) is 9.97 Å². The molecule has 0 spiro atoms. The van der Waals surface area contributed by atoms with Crippen molar-refractivity contribution in [2.24, 2.45) is 0 Å². The number of aromatic nitrogens is 4. The predicted octanol–water partition coefficient (Wildman–Crippen LogP) is 4.38. The molecule has 0 atom stereocenters. The van der Waals surface area contributed by atoms with E-state index in [-0.39, 0.29) is 6.61 Å². The number of aryl methyl sites for hydroxylation is 1. The molecule has 0 amide bonds. The highest BCUT2D eigenvalue weighted by molar-refractivity contribution is 7.85. The lowest BCUT2D eigenvalue weighted by Crippen LogP contribution is -2.04. The molecule has 0 aliphatic rings. The zero-order valence-electron chi connectivity index (χ0n) is 18.9. The van der Waals surface area contributed by atoms with Gasteiger partial charge >= 0.3 is 0 Å². The van der Waals surface area contributed by atoms with Crippen LogP contribution in [0.15, 0.2) is 61.2 Å². The topological polar surface area (TPSA) is 139 Å². The van der Waals surface area contributed by atoms with Crippen molar-refractivity contribution in [3.63, 3.8) is 0 Å². The molecular formula is C23H23N5O5S2. The van der Waals surface area contributed by atoms with Crippen LogP contribution < -0.4 is 10.1 Å². The summed E-state index contributed by atoms with van der Waals surface area (Å²) in [6.07, 6.45) is 5.99. The molecule has 5 rings (SSSR count). The SMILES string of the molecule is CS(=O)(=O)O.Cc1cc(Nc2ncnc3ccn(CCO)c23)ccc1Oc1cccc2sncc12. The van der Waals surface area contributed by atoms with E-state index in [0.29, 0.717) is 18.6 Å². The van der Waals surface area contributed by atoms with Crippen LogP contribution in [-0.4, -0.2) is 49.8 Å². The maximum absolute atomic E-state index is 9.32. The molecule has 0 radical (unpaired) electrons. The molecular weight excluding hydrogens is 490 g/mol. The largest absolute Gasteiger partial charge is 0.456 e. The summed E-state index contributed by atoms with van der Waals surface area (Å²) in [7, 11) is -3.67. The summed E-state index contributed by atoms with van der Waals surface area (Å²) in [5.41, 5.74) is 3.58. The number of hydrogen-bond donors (Lipinski definition) is 3. The Morgan fingerprint density at radius 1 is 1.14 bits per heavy atom. The van der Waals surface area contributed by atoms with Crippen LogP contribution in [0.1, 0.15) is 5.56 Å². The van der Waals surface area contributed by atoms with E-state index in [1.165, 1.54) is 17.9 Å². The molecule has 3 aromatic heterocycles. The molecule has 0 saturated carbocycles. The Kier molecular flexibility index (Phi) is 7.26. The van der Waals surface area contributed by atoms with Crippen LogP contribution in [-0.2, 0) is 16.7 Å². The number of benzene rings is 2. The Morgan fingerprint density at radius 3 is 2.69 bits per heavy atom. The van der Waals surface area contributed by atoms with Gasteiger partial charge in [-0.1, -0.05) is 6.07 Å². The summed E-state index contributed by atoms with van der Waals surface area (Å²) in [6.45, 7) is 2.55. The van der Waals surface area contributed by atoms with E-state index >= 15 is 0 Å². The van der Waals surface area contributed by atoms with Gasteiger partial charge in [-0.05, 0) is 60.4 Å². The minimum atomic E-state index is -3.67. The van der Waals surface area contributed by atoms with Crippen LogP contribution >= 0.6 is 11.5 Å². The van der Waals surface area contributed by atoms with Crippen LogP contribution in [0.4, 0.5) is 11.5 Å². The third-order valence-electron chi connectivity index (χ3n) is 4.91. The van der Waals surface area contributed by atoms with Gasteiger partial charge in [0.2, 0.25) is 0 Å². The number of rotatable bonds is 6. The smallest absolute Gasteiger partial charge is 0.261 e. The second-order valence-electron chi connectivity index (χ2n) is 7.62. The van der Waals surface area contributed by atoms with Crippen LogP contribution in [0.3, 0.4) is 0 Å². The minimum Gasteiger partial charge on any atom is -0.456 e. The average molecular weight is 514 g/mol. The average Bonchev–Trinajstić information content (AvgIpc) is 3.43. The Labute approximate surface area is 205 Å². The molecule has 0 aliphatic heterocycles. The number of hydrogen-bond acceptors (Lipinski definition) is 9. The number of aliphatic hydroxyl groups is 1. The molecule has 2 aromatic carbocycles. The first-order valence-electron chi connectivity index (χ1n) is 10.4. The Balaban J connectivity index is 0.000000527. The van der Waals surface area contributed by atoms with Gasteiger partial charge in [0.25, 0.3) is 10.1 Å². The Hall–Kier alpha value is -3.58. The van der Waals surface area contributed by atoms with Crippen molar-refractivity contribution in [2.75, 3.05) is 18.2 Å². The van der Waals surface area contributed by atoms with E-state index in [0.717, 1.165) is 43.9 Å². The fourth-order valence-electron chi connectivity index (χ4n) is 3.47. The number of fused-ring (bicyclic) bond motifs is 2. The molecule has 10 nitrogen and oxygen atoms in total. The fraction of sp³-hybridized carbons (Fsp3) is 0.174. The predicted molar refractivity (Wildman–Crippen MR) is 136 cm³/mol. The van der Waals surface area contributed by atoms with Gasteiger partial charge in [0.15, 0.2) is 5.82 Å². The molecule has 182 valence electrons. The van der Waals surface area contributed by atoms with Crippen LogP contribution in [0, 0.1) is 6.92 Å². The summed E-state index contributed by atoms with van der Waals surface area (Å²) in [6, 6.07) is 13.8. The highest BCUT2D eigenvalue weighted by Gasteiger charge is 2.11. The lowest BCUT2D eigenvalue weighted by atomic mass is 10.2. The van der Waals surface area contributed by atoms with Crippen LogP contribution in [0.2, 0.25) is 0 Å². The molecule has 0 bridgehead atoms. The van der Waals surface area contributed by atoms with E-state index in [2.05, 4.69) is 19.7 Å². The number of nitrogens with one attached hydrogen (secondary N) is 1. The van der Waals surface area contributed by atoms with Gasteiger partial charge in [0, 0.05) is 18.4 Å². The molecule has 0 unspecified atom stereocenters. The number of ether oxygens (including phenoxy) is 1. The summed E-state index contributed by atoms with van der Waals surface area (Å²) in [4.78, 5) is 8.71. The van der Waals surface area contributed by atoms with Crippen molar-refractivity contribution in [3.05, 3.63) is 66.7 Å². The number of aliphatic hydroxyl groups excluding tert-OH is 1. The molecule has 0 fully saturated rings. The third kappa shape index (κ3) is 6.11. The van der Waals surface area contributed by atoms with Crippen molar-refractivity contribution in [1.29, 1.82) is 0 Å². The lowest BCUT2D eigenvalue weighted by molar-refractivity contribution is 0.278. The number of nitrogens with zero attached hydrogens (tertiary/aromatic N) is 4. The first-order chi connectivity index (χ1) is 16.7. The third-order valence-corrected chi connectivity index (χ3v) is 5.67. The maximum atomic E-state index is 9.32. The van der Waals surface area contributed by atoms with Crippen molar-refractivity contribution in [3.8, 4) is 11.5 Å². The van der Waals surface area contributed by atoms with E-state index in [1.807, 2.05) is 66.3 Å². The molecule has 3 N–H and O–H groups in total. The van der Waals surface area contributed by atoms with E-state index < -0.39 is 10.1 Å². The Bertz CT molecular complexity index is 1570. The van der Waals surface area contributed by atoms with Gasteiger partial charge in [-0.2, -0.15) is 12.8 Å². The van der Waals surface area contributed by atoms with Crippen molar-refractivity contribution >= 4 is 54.3 Å². The Morgan fingerprint density at radius 2 is 1.94 bits per heavy atom. The first kappa shape index (κ1) is 24.5. The summed E-state index contributed by atoms with van der Waals surface area (Å²) in [5, 5.41) is 13.7. The molecule has 0 saturated heterocycles. The molecule has 12 heteroatoms. The lowest BCUT2D eigenvalue weighted by Gasteiger charge is -2.13. The summed E-state index contributed by atoms with van der Waals surface area (Å²) in [5.74, 6) is 2.28. The normalized spacial score (nSPS) is 11.3. The van der Waals surface area contributed by atoms with E-state index in [1.54, 1.807) is 0 Å².